The average molecular weight is 195 g/mol. The summed E-state index contributed by atoms with van der Waals surface area (Å²) in [4.78, 5) is 0. The lowest BCUT2D eigenvalue weighted by Gasteiger charge is -2.13. The number of nitrogens with one attached hydrogen (secondary N) is 1. The van der Waals surface area contributed by atoms with Crippen LogP contribution in [0.5, 0.6) is 11.5 Å². The van der Waals surface area contributed by atoms with Crippen LogP contribution in [0.2, 0.25) is 0 Å². The fraction of sp³-hybridized carbons (Fsp3) is 0.455. The van der Waals surface area contributed by atoms with Gasteiger partial charge in [-0.25, -0.2) is 0 Å². The number of phenols is 1. The van der Waals surface area contributed by atoms with E-state index in [-0.39, 0.29) is 5.75 Å². The molecule has 0 aliphatic heterocycles. The van der Waals surface area contributed by atoms with Gasteiger partial charge in [0.25, 0.3) is 0 Å². The van der Waals surface area contributed by atoms with Crippen molar-refractivity contribution in [1.82, 2.24) is 5.32 Å². The van der Waals surface area contributed by atoms with Crippen molar-refractivity contribution in [1.29, 1.82) is 0 Å². The van der Waals surface area contributed by atoms with E-state index in [1.165, 1.54) is 0 Å². The van der Waals surface area contributed by atoms with Gasteiger partial charge < -0.3 is 15.2 Å². The van der Waals surface area contributed by atoms with Crippen molar-refractivity contribution in [3.8, 4) is 11.5 Å². The Balaban J connectivity index is 2.87. The number of hydrogen-bond donors (Lipinski definition) is 2. The van der Waals surface area contributed by atoms with Crippen LogP contribution >= 0.6 is 0 Å². The first-order valence-electron chi connectivity index (χ1n) is 4.70. The first kappa shape index (κ1) is 10.9. The zero-order chi connectivity index (χ0) is 10.6. The highest BCUT2D eigenvalue weighted by Crippen LogP contribution is 2.24. The van der Waals surface area contributed by atoms with Gasteiger partial charge in [-0.15, -0.1) is 0 Å². The molecule has 1 aromatic rings. The Bertz CT molecular complexity index is 299. The Morgan fingerprint density at radius 3 is 2.79 bits per heavy atom. The molecule has 14 heavy (non-hydrogen) atoms. The molecule has 0 spiro atoms. The third-order valence-corrected chi connectivity index (χ3v) is 2.28. The third kappa shape index (κ3) is 2.64. The molecule has 2 N–H and O–H groups in total. The second-order valence-electron chi connectivity index (χ2n) is 3.39. The number of benzene rings is 1. The van der Waals surface area contributed by atoms with Gasteiger partial charge in [0.2, 0.25) is 0 Å². The smallest absolute Gasteiger partial charge is 0.122 e. The van der Waals surface area contributed by atoms with Gasteiger partial charge in [-0.3, -0.25) is 0 Å². The highest BCUT2D eigenvalue weighted by atomic mass is 16.5. The van der Waals surface area contributed by atoms with Crippen LogP contribution in [0.15, 0.2) is 18.2 Å². The van der Waals surface area contributed by atoms with Crippen LogP contribution in [-0.4, -0.2) is 25.3 Å². The SMILES string of the molecule is CNC(C)Cc1cc(O)ccc1OC. The first-order valence-corrected chi connectivity index (χ1v) is 4.70. The lowest BCUT2D eigenvalue weighted by Crippen LogP contribution is -2.23. The molecule has 0 amide bonds. The summed E-state index contributed by atoms with van der Waals surface area (Å²) < 4.78 is 5.21. The molecule has 0 saturated heterocycles. The molecule has 0 fully saturated rings. The zero-order valence-electron chi connectivity index (χ0n) is 8.87. The van der Waals surface area contributed by atoms with Gasteiger partial charge in [-0.1, -0.05) is 0 Å². The molecular formula is C11H17NO2. The van der Waals surface area contributed by atoms with E-state index in [2.05, 4.69) is 12.2 Å². The molecule has 3 nitrogen and oxygen atoms in total. The van der Waals surface area contributed by atoms with Crippen LogP contribution < -0.4 is 10.1 Å². The van der Waals surface area contributed by atoms with Crippen molar-refractivity contribution in [3.05, 3.63) is 23.8 Å². The Morgan fingerprint density at radius 1 is 1.50 bits per heavy atom. The summed E-state index contributed by atoms with van der Waals surface area (Å²) in [6, 6.07) is 5.53. The van der Waals surface area contributed by atoms with Gasteiger partial charge >= 0.3 is 0 Å². The Kier molecular flexibility index (Phi) is 3.77. The fourth-order valence-corrected chi connectivity index (χ4v) is 1.36. The van der Waals surface area contributed by atoms with Crippen molar-refractivity contribution in [2.24, 2.45) is 0 Å². The molecule has 0 aliphatic carbocycles. The van der Waals surface area contributed by atoms with Gasteiger partial charge in [-0.05, 0) is 44.2 Å². The molecule has 0 heterocycles. The molecule has 1 aromatic carbocycles. The summed E-state index contributed by atoms with van der Waals surface area (Å²) in [6.07, 6.45) is 0.841. The molecule has 1 rings (SSSR count). The summed E-state index contributed by atoms with van der Waals surface area (Å²) in [7, 11) is 3.56. The second kappa shape index (κ2) is 4.86. The normalized spacial score (nSPS) is 12.5. The van der Waals surface area contributed by atoms with Crippen LogP contribution in [0.25, 0.3) is 0 Å². The molecule has 1 atom stereocenters. The molecule has 0 aromatic heterocycles. The molecule has 0 radical (unpaired) electrons. The van der Waals surface area contributed by atoms with Crippen molar-refractivity contribution in [3.63, 3.8) is 0 Å². The van der Waals surface area contributed by atoms with E-state index in [0.29, 0.717) is 6.04 Å². The van der Waals surface area contributed by atoms with E-state index in [1.54, 1.807) is 25.3 Å². The third-order valence-electron chi connectivity index (χ3n) is 2.28. The maximum absolute atomic E-state index is 9.34. The maximum Gasteiger partial charge on any atom is 0.122 e. The standard InChI is InChI=1S/C11H17NO2/c1-8(12-2)6-9-7-10(13)4-5-11(9)14-3/h4-5,7-8,12-13H,6H2,1-3H3. The molecule has 0 bridgehead atoms. The summed E-state index contributed by atoms with van der Waals surface area (Å²) in [6.45, 7) is 2.09. The van der Waals surface area contributed by atoms with E-state index in [0.717, 1.165) is 17.7 Å². The number of hydrogen-bond acceptors (Lipinski definition) is 3. The van der Waals surface area contributed by atoms with Crippen LogP contribution in [0.3, 0.4) is 0 Å². The van der Waals surface area contributed by atoms with E-state index in [4.69, 9.17) is 4.74 Å². The lowest BCUT2D eigenvalue weighted by atomic mass is 10.1. The number of phenolic OH excluding ortho intramolecular Hbond substituents is 1. The molecule has 0 aliphatic rings. The summed E-state index contributed by atoms with van der Waals surface area (Å²) in [5, 5.41) is 12.5. The van der Waals surface area contributed by atoms with Crippen molar-refractivity contribution >= 4 is 0 Å². The number of ether oxygens (including phenoxy) is 1. The van der Waals surface area contributed by atoms with Crippen LogP contribution in [0, 0.1) is 0 Å². The van der Waals surface area contributed by atoms with Gasteiger partial charge in [0.05, 0.1) is 7.11 Å². The summed E-state index contributed by atoms with van der Waals surface area (Å²) in [5.41, 5.74) is 1.02. The number of likely N-dealkylation sites (N-methyl/N-ethyl adjacent to an activating group) is 1. The molecule has 3 heteroatoms. The monoisotopic (exact) mass is 195 g/mol. The predicted molar refractivity (Wildman–Crippen MR) is 56.9 cm³/mol. The Hall–Kier alpha value is -1.22. The largest absolute Gasteiger partial charge is 0.508 e. The second-order valence-corrected chi connectivity index (χ2v) is 3.39. The molecule has 78 valence electrons. The first-order chi connectivity index (χ1) is 6.67. The molecule has 0 saturated carbocycles. The van der Waals surface area contributed by atoms with Crippen LogP contribution in [0.1, 0.15) is 12.5 Å². The topological polar surface area (TPSA) is 41.5 Å². The van der Waals surface area contributed by atoms with Gasteiger partial charge in [0.15, 0.2) is 0 Å². The highest BCUT2D eigenvalue weighted by molar-refractivity contribution is 5.40. The average Bonchev–Trinajstić information content (AvgIpc) is 2.18. The van der Waals surface area contributed by atoms with E-state index < -0.39 is 0 Å². The van der Waals surface area contributed by atoms with Crippen molar-refractivity contribution in [2.45, 2.75) is 19.4 Å². The van der Waals surface area contributed by atoms with Crippen LogP contribution in [-0.2, 0) is 6.42 Å². The minimum absolute atomic E-state index is 0.282. The number of aromatic hydroxyl groups is 1. The molecule has 1 unspecified atom stereocenters. The summed E-state index contributed by atoms with van der Waals surface area (Å²) >= 11 is 0. The molecular weight excluding hydrogens is 178 g/mol. The van der Waals surface area contributed by atoms with Crippen molar-refractivity contribution in [2.75, 3.05) is 14.2 Å². The zero-order valence-corrected chi connectivity index (χ0v) is 8.87. The van der Waals surface area contributed by atoms with Gasteiger partial charge in [-0.2, -0.15) is 0 Å². The van der Waals surface area contributed by atoms with Gasteiger partial charge in [0.1, 0.15) is 11.5 Å². The fourth-order valence-electron chi connectivity index (χ4n) is 1.36. The maximum atomic E-state index is 9.34. The number of methoxy groups -OCH3 is 1. The lowest BCUT2D eigenvalue weighted by molar-refractivity contribution is 0.404. The summed E-state index contributed by atoms with van der Waals surface area (Å²) in [5.74, 6) is 1.11. The Labute approximate surface area is 84.7 Å². The minimum atomic E-state index is 0.282. The predicted octanol–water partition coefficient (Wildman–Crippen LogP) is 1.55. The number of rotatable bonds is 4. The quantitative estimate of drug-likeness (QED) is 0.766. The van der Waals surface area contributed by atoms with E-state index in [1.807, 2.05) is 7.05 Å². The van der Waals surface area contributed by atoms with Crippen molar-refractivity contribution < 1.29 is 9.84 Å². The van der Waals surface area contributed by atoms with Crippen LogP contribution in [0.4, 0.5) is 0 Å². The van der Waals surface area contributed by atoms with Gasteiger partial charge in [0, 0.05) is 6.04 Å². The Morgan fingerprint density at radius 2 is 2.21 bits per heavy atom. The van der Waals surface area contributed by atoms with E-state index in [9.17, 15) is 5.11 Å². The minimum Gasteiger partial charge on any atom is -0.508 e. The highest BCUT2D eigenvalue weighted by Gasteiger charge is 2.07. The van der Waals surface area contributed by atoms with E-state index >= 15 is 0 Å².